The van der Waals surface area contributed by atoms with Crippen molar-refractivity contribution < 1.29 is 0 Å². The summed E-state index contributed by atoms with van der Waals surface area (Å²) in [6.07, 6.45) is 11.4. The van der Waals surface area contributed by atoms with Gasteiger partial charge in [-0.3, -0.25) is 0 Å². The standard InChI is InChI=1S/C12H22N2/c1-2-3-4-5-6-7-8-11-14-12-9-10-13/h6-7,14H,2-5,8-9,11-12H2,1H3/b7-6+. The maximum Gasteiger partial charge on any atom is 0.0635 e. The van der Waals surface area contributed by atoms with E-state index in [1.807, 2.05) is 0 Å². The van der Waals surface area contributed by atoms with E-state index in [1.165, 1.54) is 25.7 Å². The Balaban J connectivity index is 3.00. The molecule has 0 aliphatic rings. The largest absolute Gasteiger partial charge is 0.315 e. The summed E-state index contributed by atoms with van der Waals surface area (Å²) in [6, 6.07) is 2.11. The fourth-order valence-electron chi connectivity index (χ4n) is 1.20. The summed E-state index contributed by atoms with van der Waals surface area (Å²) in [4.78, 5) is 0. The molecule has 2 heteroatoms. The highest BCUT2D eigenvalue weighted by atomic mass is 14.8. The number of nitriles is 1. The zero-order valence-corrected chi connectivity index (χ0v) is 9.26. The lowest BCUT2D eigenvalue weighted by molar-refractivity contribution is 0.696. The zero-order chi connectivity index (χ0) is 10.5. The van der Waals surface area contributed by atoms with Crippen LogP contribution in [0.4, 0.5) is 0 Å². The van der Waals surface area contributed by atoms with Crippen LogP contribution in [0.2, 0.25) is 0 Å². The average Bonchev–Trinajstić information content (AvgIpc) is 2.21. The first-order valence-electron chi connectivity index (χ1n) is 5.64. The van der Waals surface area contributed by atoms with Crippen LogP contribution in [-0.4, -0.2) is 13.1 Å². The van der Waals surface area contributed by atoms with Crippen molar-refractivity contribution in [2.45, 2.75) is 45.4 Å². The normalized spacial score (nSPS) is 10.6. The Hall–Kier alpha value is -0.810. The van der Waals surface area contributed by atoms with Gasteiger partial charge >= 0.3 is 0 Å². The summed E-state index contributed by atoms with van der Waals surface area (Å²) < 4.78 is 0. The number of hydrogen-bond donors (Lipinski definition) is 1. The van der Waals surface area contributed by atoms with Gasteiger partial charge in [-0.2, -0.15) is 5.26 Å². The minimum atomic E-state index is 0.611. The molecule has 0 amide bonds. The Morgan fingerprint density at radius 1 is 1.14 bits per heavy atom. The Bertz CT molecular complexity index is 168. The van der Waals surface area contributed by atoms with Crippen molar-refractivity contribution in [2.24, 2.45) is 0 Å². The van der Waals surface area contributed by atoms with Crippen LogP contribution in [0, 0.1) is 11.3 Å². The van der Waals surface area contributed by atoms with Crippen molar-refractivity contribution in [3.05, 3.63) is 12.2 Å². The molecule has 0 aromatic heterocycles. The van der Waals surface area contributed by atoms with Crippen LogP contribution >= 0.6 is 0 Å². The molecule has 0 saturated heterocycles. The van der Waals surface area contributed by atoms with E-state index in [1.54, 1.807) is 0 Å². The van der Waals surface area contributed by atoms with Gasteiger partial charge in [-0.05, 0) is 25.8 Å². The molecule has 0 aromatic rings. The lowest BCUT2D eigenvalue weighted by Gasteiger charge is -1.97. The van der Waals surface area contributed by atoms with Crippen molar-refractivity contribution in [2.75, 3.05) is 13.1 Å². The van der Waals surface area contributed by atoms with Gasteiger partial charge in [-0.25, -0.2) is 0 Å². The minimum Gasteiger partial charge on any atom is -0.315 e. The van der Waals surface area contributed by atoms with Crippen LogP contribution in [-0.2, 0) is 0 Å². The van der Waals surface area contributed by atoms with Crippen LogP contribution in [0.3, 0.4) is 0 Å². The molecule has 0 aliphatic carbocycles. The van der Waals surface area contributed by atoms with Crippen LogP contribution in [0.25, 0.3) is 0 Å². The molecule has 0 aliphatic heterocycles. The highest BCUT2D eigenvalue weighted by Crippen LogP contribution is 1.99. The third-order valence-electron chi connectivity index (χ3n) is 2.04. The fraction of sp³-hybridized carbons (Fsp3) is 0.750. The van der Waals surface area contributed by atoms with Gasteiger partial charge in [-0.15, -0.1) is 0 Å². The minimum absolute atomic E-state index is 0.611. The van der Waals surface area contributed by atoms with Crippen LogP contribution < -0.4 is 5.32 Å². The maximum absolute atomic E-state index is 8.29. The highest BCUT2D eigenvalue weighted by molar-refractivity contribution is 4.82. The number of nitrogens with zero attached hydrogens (tertiary/aromatic N) is 1. The van der Waals surface area contributed by atoms with Crippen LogP contribution in [0.5, 0.6) is 0 Å². The Morgan fingerprint density at radius 3 is 2.64 bits per heavy atom. The molecule has 0 spiro atoms. The van der Waals surface area contributed by atoms with Gasteiger partial charge in [0.05, 0.1) is 6.07 Å². The zero-order valence-electron chi connectivity index (χ0n) is 9.26. The molecule has 0 atom stereocenters. The lowest BCUT2D eigenvalue weighted by atomic mass is 10.2. The summed E-state index contributed by atoms with van der Waals surface area (Å²) >= 11 is 0. The second-order valence-corrected chi connectivity index (χ2v) is 3.41. The van der Waals surface area contributed by atoms with E-state index in [2.05, 4.69) is 30.5 Å². The Kier molecular flexibility index (Phi) is 11.5. The number of unbranched alkanes of at least 4 members (excludes halogenated alkanes) is 3. The summed E-state index contributed by atoms with van der Waals surface area (Å²) in [6.45, 7) is 4.04. The first-order valence-corrected chi connectivity index (χ1v) is 5.64. The molecule has 0 fully saturated rings. The van der Waals surface area contributed by atoms with Gasteiger partial charge in [0, 0.05) is 13.0 Å². The molecule has 0 unspecified atom stereocenters. The van der Waals surface area contributed by atoms with Gasteiger partial charge in [0.15, 0.2) is 0 Å². The van der Waals surface area contributed by atoms with Crippen molar-refractivity contribution in [3.63, 3.8) is 0 Å². The van der Waals surface area contributed by atoms with Crippen LogP contribution in [0.15, 0.2) is 12.2 Å². The number of allylic oxidation sites excluding steroid dienone is 1. The van der Waals surface area contributed by atoms with E-state index in [-0.39, 0.29) is 0 Å². The second kappa shape index (κ2) is 12.2. The summed E-state index contributed by atoms with van der Waals surface area (Å²) in [5.74, 6) is 0. The molecule has 2 nitrogen and oxygen atoms in total. The molecule has 0 aromatic carbocycles. The topological polar surface area (TPSA) is 35.8 Å². The quantitative estimate of drug-likeness (QED) is 0.452. The summed E-state index contributed by atoms with van der Waals surface area (Å²) in [5, 5.41) is 11.5. The maximum atomic E-state index is 8.29. The summed E-state index contributed by atoms with van der Waals surface area (Å²) in [7, 11) is 0. The van der Waals surface area contributed by atoms with E-state index in [0.29, 0.717) is 6.42 Å². The lowest BCUT2D eigenvalue weighted by Crippen LogP contribution is -2.15. The van der Waals surface area contributed by atoms with E-state index in [0.717, 1.165) is 19.5 Å². The highest BCUT2D eigenvalue weighted by Gasteiger charge is 1.84. The molecule has 0 rings (SSSR count). The van der Waals surface area contributed by atoms with Gasteiger partial charge < -0.3 is 5.32 Å². The third kappa shape index (κ3) is 11.2. The molecule has 0 radical (unpaired) electrons. The fourth-order valence-corrected chi connectivity index (χ4v) is 1.20. The summed E-state index contributed by atoms with van der Waals surface area (Å²) in [5.41, 5.74) is 0. The third-order valence-corrected chi connectivity index (χ3v) is 2.04. The second-order valence-electron chi connectivity index (χ2n) is 3.41. The number of nitrogens with one attached hydrogen (secondary N) is 1. The smallest absolute Gasteiger partial charge is 0.0635 e. The van der Waals surface area contributed by atoms with Gasteiger partial charge in [0.1, 0.15) is 0 Å². The molecular weight excluding hydrogens is 172 g/mol. The van der Waals surface area contributed by atoms with E-state index >= 15 is 0 Å². The van der Waals surface area contributed by atoms with E-state index < -0.39 is 0 Å². The van der Waals surface area contributed by atoms with Crippen molar-refractivity contribution >= 4 is 0 Å². The van der Waals surface area contributed by atoms with Crippen molar-refractivity contribution in [1.29, 1.82) is 5.26 Å². The SMILES string of the molecule is CCCCC/C=C/CCNCCC#N. The van der Waals surface area contributed by atoms with Crippen molar-refractivity contribution in [3.8, 4) is 6.07 Å². The number of rotatable bonds is 9. The molecule has 80 valence electrons. The van der Waals surface area contributed by atoms with Crippen molar-refractivity contribution in [1.82, 2.24) is 5.32 Å². The first kappa shape index (κ1) is 13.2. The number of hydrogen-bond acceptors (Lipinski definition) is 2. The van der Waals surface area contributed by atoms with Gasteiger partial charge in [0.2, 0.25) is 0 Å². The predicted molar refractivity (Wildman–Crippen MR) is 61.0 cm³/mol. The van der Waals surface area contributed by atoms with E-state index in [9.17, 15) is 0 Å². The molecule has 14 heavy (non-hydrogen) atoms. The van der Waals surface area contributed by atoms with Gasteiger partial charge in [-0.1, -0.05) is 31.9 Å². The molecule has 0 heterocycles. The molecule has 0 bridgehead atoms. The molecule has 0 saturated carbocycles. The molecular formula is C12H22N2. The average molecular weight is 194 g/mol. The van der Waals surface area contributed by atoms with E-state index in [4.69, 9.17) is 5.26 Å². The first-order chi connectivity index (χ1) is 6.91. The molecule has 1 N–H and O–H groups in total. The predicted octanol–water partition coefficient (Wildman–Crippen LogP) is 3.02. The van der Waals surface area contributed by atoms with Crippen LogP contribution in [0.1, 0.15) is 45.4 Å². The van der Waals surface area contributed by atoms with Gasteiger partial charge in [0.25, 0.3) is 0 Å². The monoisotopic (exact) mass is 194 g/mol. The Morgan fingerprint density at radius 2 is 1.93 bits per heavy atom. The Labute approximate surface area is 88.0 Å².